The highest BCUT2D eigenvalue weighted by Gasteiger charge is 2.12. The van der Waals surface area contributed by atoms with Crippen LogP contribution in [-0.4, -0.2) is 22.5 Å². The second-order valence-corrected chi connectivity index (χ2v) is 7.87. The van der Waals surface area contributed by atoms with E-state index in [1.165, 1.54) is 16.5 Å². The van der Waals surface area contributed by atoms with Crippen molar-refractivity contribution in [3.05, 3.63) is 101 Å². The van der Waals surface area contributed by atoms with Crippen LogP contribution in [0.4, 0.5) is 11.4 Å². The van der Waals surface area contributed by atoms with E-state index in [4.69, 9.17) is 0 Å². The number of hydrogen-bond donors (Lipinski definition) is 1. The molecule has 0 bridgehead atoms. The van der Waals surface area contributed by atoms with Gasteiger partial charge in [0, 0.05) is 26.6 Å². The number of benzene rings is 3. The summed E-state index contributed by atoms with van der Waals surface area (Å²) in [6, 6.07) is 23.5. The number of nitrogens with zero attached hydrogens (tertiary/aromatic N) is 3. The monoisotopic (exact) mass is 426 g/mol. The molecule has 162 valence electrons. The number of rotatable bonds is 7. The quantitative estimate of drug-likeness (QED) is 0.477. The predicted octanol–water partition coefficient (Wildman–Crippen LogP) is 4.37. The third kappa shape index (κ3) is 4.70. The molecule has 0 atom stereocenters. The molecular formula is C26H26N4O2. The number of fused-ring (bicyclic) bond motifs is 1. The van der Waals surface area contributed by atoms with Gasteiger partial charge in [0.2, 0.25) is 5.91 Å². The molecule has 1 amide bonds. The van der Waals surface area contributed by atoms with Crippen LogP contribution >= 0.6 is 0 Å². The number of aromatic nitrogens is 2. The summed E-state index contributed by atoms with van der Waals surface area (Å²) in [5, 5.41) is 3.57. The maximum absolute atomic E-state index is 12.8. The minimum atomic E-state index is -0.151. The van der Waals surface area contributed by atoms with Gasteiger partial charge in [-0.15, -0.1) is 0 Å². The van der Waals surface area contributed by atoms with E-state index in [1.54, 1.807) is 6.07 Å². The Morgan fingerprint density at radius 2 is 1.75 bits per heavy atom. The first kappa shape index (κ1) is 21.3. The third-order valence-electron chi connectivity index (χ3n) is 5.49. The van der Waals surface area contributed by atoms with Crippen LogP contribution in [0.5, 0.6) is 0 Å². The van der Waals surface area contributed by atoms with Crippen molar-refractivity contribution in [1.29, 1.82) is 0 Å². The molecule has 0 saturated heterocycles. The zero-order valence-electron chi connectivity index (χ0n) is 18.3. The molecular weight excluding hydrogens is 400 g/mol. The topological polar surface area (TPSA) is 67.2 Å². The van der Waals surface area contributed by atoms with Crippen molar-refractivity contribution in [2.75, 3.05) is 17.3 Å². The Balaban J connectivity index is 1.44. The highest BCUT2D eigenvalue weighted by atomic mass is 16.2. The summed E-state index contributed by atoms with van der Waals surface area (Å²) in [6.45, 7) is 2.92. The van der Waals surface area contributed by atoms with Crippen LogP contribution in [-0.2, 0) is 17.9 Å². The van der Waals surface area contributed by atoms with Gasteiger partial charge in [0.05, 0.1) is 28.6 Å². The van der Waals surface area contributed by atoms with Gasteiger partial charge in [0.1, 0.15) is 0 Å². The van der Waals surface area contributed by atoms with Crippen LogP contribution in [0.3, 0.4) is 0 Å². The van der Waals surface area contributed by atoms with Gasteiger partial charge in [-0.3, -0.25) is 14.2 Å². The zero-order chi connectivity index (χ0) is 22.5. The fourth-order valence-corrected chi connectivity index (χ4v) is 3.79. The van der Waals surface area contributed by atoms with Gasteiger partial charge in [0.15, 0.2) is 0 Å². The lowest BCUT2D eigenvalue weighted by molar-refractivity contribution is -0.116. The Hall–Kier alpha value is -3.93. The molecule has 6 nitrogen and oxygen atoms in total. The molecule has 3 aromatic carbocycles. The zero-order valence-corrected chi connectivity index (χ0v) is 18.3. The summed E-state index contributed by atoms with van der Waals surface area (Å²) in [7, 11) is 2.00. The predicted molar refractivity (Wildman–Crippen MR) is 129 cm³/mol. The van der Waals surface area contributed by atoms with E-state index < -0.39 is 0 Å². The third-order valence-corrected chi connectivity index (χ3v) is 5.49. The summed E-state index contributed by atoms with van der Waals surface area (Å²) < 4.78 is 1.49. The number of nitrogens with one attached hydrogen (secondary N) is 1. The molecule has 1 heterocycles. The van der Waals surface area contributed by atoms with Crippen LogP contribution in [0.2, 0.25) is 0 Å². The summed E-state index contributed by atoms with van der Waals surface area (Å²) in [4.78, 5) is 31.9. The van der Waals surface area contributed by atoms with Gasteiger partial charge >= 0.3 is 0 Å². The van der Waals surface area contributed by atoms with Crippen molar-refractivity contribution in [3.63, 3.8) is 0 Å². The number of amides is 1. The van der Waals surface area contributed by atoms with E-state index in [0.717, 1.165) is 23.5 Å². The lowest BCUT2D eigenvalue weighted by atomic mass is 10.1. The summed E-state index contributed by atoms with van der Waals surface area (Å²) in [5.74, 6) is -0.151. The standard InChI is InChI=1S/C26H26N4O2/c1-19-9-8-12-21-25(19)27-18-30(26(21)32)16-15-24(31)28-22-13-6-7-14-23(22)29(2)17-20-10-4-3-5-11-20/h3-14,18H,15-17H2,1-2H3,(H,28,31). The summed E-state index contributed by atoms with van der Waals surface area (Å²) in [6.07, 6.45) is 1.70. The number of aryl methyl sites for hydroxylation is 2. The van der Waals surface area contributed by atoms with Gasteiger partial charge < -0.3 is 10.2 Å². The van der Waals surface area contributed by atoms with Crippen LogP contribution in [0.25, 0.3) is 10.9 Å². The van der Waals surface area contributed by atoms with Crippen molar-refractivity contribution in [2.24, 2.45) is 0 Å². The molecule has 0 spiro atoms. The van der Waals surface area contributed by atoms with E-state index in [-0.39, 0.29) is 24.4 Å². The number of hydrogen-bond acceptors (Lipinski definition) is 4. The highest BCUT2D eigenvalue weighted by molar-refractivity contribution is 5.94. The molecule has 4 rings (SSSR count). The average Bonchev–Trinajstić information content (AvgIpc) is 2.80. The normalized spacial score (nSPS) is 10.8. The molecule has 0 radical (unpaired) electrons. The van der Waals surface area contributed by atoms with Crippen molar-refractivity contribution >= 4 is 28.2 Å². The van der Waals surface area contributed by atoms with Crippen LogP contribution in [0.15, 0.2) is 83.9 Å². The lowest BCUT2D eigenvalue weighted by Gasteiger charge is -2.23. The van der Waals surface area contributed by atoms with Gasteiger partial charge in [-0.05, 0) is 36.2 Å². The summed E-state index contributed by atoms with van der Waals surface area (Å²) in [5.41, 5.74) is 4.40. The van der Waals surface area contributed by atoms with Crippen LogP contribution in [0.1, 0.15) is 17.5 Å². The SMILES string of the molecule is Cc1cccc2c(=O)n(CCC(=O)Nc3ccccc3N(C)Cc3ccccc3)cnc12. The number of para-hydroxylation sites is 3. The van der Waals surface area contributed by atoms with E-state index in [9.17, 15) is 9.59 Å². The molecule has 0 aliphatic heterocycles. The van der Waals surface area contributed by atoms with Crippen LogP contribution in [0, 0.1) is 6.92 Å². The first-order valence-electron chi connectivity index (χ1n) is 10.6. The smallest absolute Gasteiger partial charge is 0.261 e. The molecule has 4 aromatic rings. The summed E-state index contributed by atoms with van der Waals surface area (Å²) >= 11 is 0. The molecule has 0 aliphatic rings. The minimum Gasteiger partial charge on any atom is -0.369 e. The molecule has 32 heavy (non-hydrogen) atoms. The Morgan fingerprint density at radius 1 is 1.00 bits per heavy atom. The van der Waals surface area contributed by atoms with Gasteiger partial charge in [-0.2, -0.15) is 0 Å². The Kier molecular flexibility index (Phi) is 6.31. The van der Waals surface area contributed by atoms with Gasteiger partial charge in [-0.25, -0.2) is 4.98 Å². The minimum absolute atomic E-state index is 0.130. The maximum Gasteiger partial charge on any atom is 0.261 e. The van der Waals surface area contributed by atoms with Crippen molar-refractivity contribution in [2.45, 2.75) is 26.4 Å². The highest BCUT2D eigenvalue weighted by Crippen LogP contribution is 2.26. The molecule has 1 N–H and O–H groups in total. The molecule has 0 aliphatic carbocycles. The lowest BCUT2D eigenvalue weighted by Crippen LogP contribution is -2.24. The fraction of sp³-hybridized carbons (Fsp3) is 0.192. The van der Waals surface area contributed by atoms with Crippen LogP contribution < -0.4 is 15.8 Å². The van der Waals surface area contributed by atoms with Gasteiger partial charge in [0.25, 0.3) is 5.56 Å². The first-order chi connectivity index (χ1) is 15.5. The molecule has 0 fully saturated rings. The van der Waals surface area contributed by atoms with E-state index in [0.29, 0.717) is 10.9 Å². The van der Waals surface area contributed by atoms with E-state index >= 15 is 0 Å². The van der Waals surface area contributed by atoms with Crippen molar-refractivity contribution in [1.82, 2.24) is 9.55 Å². The molecule has 0 unspecified atom stereocenters. The first-order valence-corrected chi connectivity index (χ1v) is 10.6. The Labute approximate surface area is 187 Å². The van der Waals surface area contributed by atoms with E-state index in [1.807, 2.05) is 68.6 Å². The largest absolute Gasteiger partial charge is 0.369 e. The number of anilines is 2. The second-order valence-electron chi connectivity index (χ2n) is 7.87. The van der Waals surface area contributed by atoms with Crippen molar-refractivity contribution in [3.8, 4) is 0 Å². The van der Waals surface area contributed by atoms with Gasteiger partial charge in [-0.1, -0.05) is 54.6 Å². The number of carbonyl (C=O) groups excluding carboxylic acids is 1. The second kappa shape index (κ2) is 9.47. The fourth-order valence-electron chi connectivity index (χ4n) is 3.79. The average molecular weight is 427 g/mol. The Morgan fingerprint density at radius 3 is 2.56 bits per heavy atom. The van der Waals surface area contributed by atoms with Crippen molar-refractivity contribution < 1.29 is 4.79 Å². The number of carbonyl (C=O) groups is 1. The molecule has 0 saturated carbocycles. The van der Waals surface area contributed by atoms with E-state index in [2.05, 4.69) is 27.3 Å². The molecule has 6 heteroatoms. The Bertz CT molecular complexity index is 1300. The maximum atomic E-state index is 12.8. The molecule has 1 aromatic heterocycles.